The number of nitrogens with zero attached hydrogens (tertiary/aromatic N) is 2. The van der Waals surface area contributed by atoms with Gasteiger partial charge in [0.2, 0.25) is 5.88 Å². The van der Waals surface area contributed by atoms with Gasteiger partial charge in [-0.05, 0) is 25.0 Å². The number of aromatic nitrogens is 2. The lowest BCUT2D eigenvalue weighted by atomic mass is 10.1. The van der Waals surface area contributed by atoms with Gasteiger partial charge in [-0.25, -0.2) is 9.97 Å². The second-order valence-electron chi connectivity index (χ2n) is 4.91. The Morgan fingerprint density at radius 1 is 1.19 bits per heavy atom. The van der Waals surface area contributed by atoms with Crippen LogP contribution in [0.25, 0.3) is 0 Å². The van der Waals surface area contributed by atoms with Crippen molar-refractivity contribution in [2.24, 2.45) is 0 Å². The summed E-state index contributed by atoms with van der Waals surface area (Å²) in [4.78, 5) is 8.58. The van der Waals surface area contributed by atoms with E-state index in [1.54, 1.807) is 7.11 Å². The fourth-order valence-corrected chi connectivity index (χ4v) is 2.07. The van der Waals surface area contributed by atoms with E-state index in [4.69, 9.17) is 9.47 Å². The number of ether oxygens (including phenoxy) is 2. The van der Waals surface area contributed by atoms with E-state index >= 15 is 0 Å². The Hall–Kier alpha value is -2.30. The molecule has 0 aliphatic rings. The summed E-state index contributed by atoms with van der Waals surface area (Å²) in [6, 6.07) is 7.47. The molecule has 0 unspecified atom stereocenters. The van der Waals surface area contributed by atoms with E-state index in [2.05, 4.69) is 29.1 Å². The largest absolute Gasteiger partial charge is 0.497 e. The molecule has 0 saturated heterocycles. The van der Waals surface area contributed by atoms with Crippen molar-refractivity contribution in [1.82, 2.24) is 9.97 Å². The highest BCUT2D eigenvalue weighted by Gasteiger charge is 2.16. The Morgan fingerprint density at radius 3 is 2.62 bits per heavy atom. The second-order valence-corrected chi connectivity index (χ2v) is 4.91. The van der Waals surface area contributed by atoms with Crippen molar-refractivity contribution in [2.75, 3.05) is 19.0 Å². The SMILES string of the molecule is CCNc1ncnc(Oc2cccc(OC)c2)c1C(C)C. The van der Waals surface area contributed by atoms with E-state index < -0.39 is 0 Å². The van der Waals surface area contributed by atoms with Crippen molar-refractivity contribution in [3.63, 3.8) is 0 Å². The number of nitrogens with one attached hydrogen (secondary N) is 1. The molecule has 2 aromatic rings. The van der Waals surface area contributed by atoms with Crippen LogP contribution >= 0.6 is 0 Å². The highest BCUT2D eigenvalue weighted by Crippen LogP contribution is 2.33. The molecule has 0 aliphatic carbocycles. The number of methoxy groups -OCH3 is 1. The lowest BCUT2D eigenvalue weighted by Crippen LogP contribution is -2.07. The first-order valence-corrected chi connectivity index (χ1v) is 7.06. The summed E-state index contributed by atoms with van der Waals surface area (Å²) < 4.78 is 11.1. The van der Waals surface area contributed by atoms with Gasteiger partial charge < -0.3 is 14.8 Å². The van der Waals surface area contributed by atoms with E-state index in [0.717, 1.165) is 23.7 Å². The predicted octanol–water partition coefficient (Wildman–Crippen LogP) is 3.83. The number of rotatable bonds is 6. The molecular weight excluding hydrogens is 266 g/mol. The molecular formula is C16H21N3O2. The Kier molecular flexibility index (Phi) is 4.98. The van der Waals surface area contributed by atoms with Gasteiger partial charge in [0.15, 0.2) is 0 Å². The molecule has 0 aliphatic heterocycles. The predicted molar refractivity (Wildman–Crippen MR) is 83.4 cm³/mol. The zero-order valence-corrected chi connectivity index (χ0v) is 12.9. The summed E-state index contributed by atoms with van der Waals surface area (Å²) in [5, 5.41) is 3.25. The number of anilines is 1. The third-order valence-corrected chi connectivity index (χ3v) is 3.02. The molecule has 0 amide bonds. The van der Waals surface area contributed by atoms with Gasteiger partial charge in [0.1, 0.15) is 23.6 Å². The molecule has 112 valence electrons. The first-order valence-electron chi connectivity index (χ1n) is 7.06. The maximum Gasteiger partial charge on any atom is 0.227 e. The monoisotopic (exact) mass is 287 g/mol. The molecule has 0 spiro atoms. The fraction of sp³-hybridized carbons (Fsp3) is 0.375. The van der Waals surface area contributed by atoms with Crippen molar-refractivity contribution in [3.05, 3.63) is 36.2 Å². The molecule has 1 aromatic heterocycles. The molecule has 1 aromatic carbocycles. The van der Waals surface area contributed by atoms with Gasteiger partial charge in [-0.2, -0.15) is 0 Å². The lowest BCUT2D eigenvalue weighted by molar-refractivity contribution is 0.406. The molecule has 0 radical (unpaired) electrons. The molecule has 0 saturated carbocycles. The van der Waals surface area contributed by atoms with Gasteiger partial charge in [0.05, 0.1) is 12.7 Å². The van der Waals surface area contributed by atoms with E-state index in [0.29, 0.717) is 11.6 Å². The minimum Gasteiger partial charge on any atom is -0.497 e. The Balaban J connectivity index is 2.36. The Morgan fingerprint density at radius 2 is 1.95 bits per heavy atom. The van der Waals surface area contributed by atoms with Gasteiger partial charge in [-0.1, -0.05) is 19.9 Å². The van der Waals surface area contributed by atoms with Crippen molar-refractivity contribution in [1.29, 1.82) is 0 Å². The molecule has 2 rings (SSSR count). The highest BCUT2D eigenvalue weighted by molar-refractivity contribution is 5.51. The molecule has 0 fully saturated rings. The van der Waals surface area contributed by atoms with Gasteiger partial charge in [-0.3, -0.25) is 0 Å². The molecule has 5 nitrogen and oxygen atoms in total. The van der Waals surface area contributed by atoms with Crippen LogP contribution in [-0.4, -0.2) is 23.6 Å². The third-order valence-electron chi connectivity index (χ3n) is 3.02. The van der Waals surface area contributed by atoms with Crippen molar-refractivity contribution < 1.29 is 9.47 Å². The van der Waals surface area contributed by atoms with Crippen LogP contribution in [0.15, 0.2) is 30.6 Å². The van der Waals surface area contributed by atoms with E-state index in [9.17, 15) is 0 Å². The average Bonchev–Trinajstić information content (AvgIpc) is 2.47. The van der Waals surface area contributed by atoms with Crippen LogP contribution < -0.4 is 14.8 Å². The number of benzene rings is 1. The summed E-state index contributed by atoms with van der Waals surface area (Å²) in [5.41, 5.74) is 0.974. The smallest absolute Gasteiger partial charge is 0.227 e. The first-order chi connectivity index (χ1) is 10.2. The Labute approximate surface area is 125 Å². The molecule has 5 heteroatoms. The molecule has 21 heavy (non-hydrogen) atoms. The van der Waals surface area contributed by atoms with E-state index in [-0.39, 0.29) is 5.92 Å². The van der Waals surface area contributed by atoms with Crippen LogP contribution in [0.2, 0.25) is 0 Å². The maximum absolute atomic E-state index is 5.93. The van der Waals surface area contributed by atoms with Crippen LogP contribution in [0.5, 0.6) is 17.4 Å². The highest BCUT2D eigenvalue weighted by atomic mass is 16.5. The third kappa shape index (κ3) is 3.62. The van der Waals surface area contributed by atoms with Crippen LogP contribution in [0.3, 0.4) is 0 Å². The summed E-state index contributed by atoms with van der Waals surface area (Å²) in [5.74, 6) is 3.09. The van der Waals surface area contributed by atoms with Crippen molar-refractivity contribution in [3.8, 4) is 17.4 Å². The number of hydrogen-bond acceptors (Lipinski definition) is 5. The summed E-state index contributed by atoms with van der Waals surface area (Å²) >= 11 is 0. The minimum absolute atomic E-state index is 0.251. The van der Waals surface area contributed by atoms with Gasteiger partial charge in [0, 0.05) is 12.6 Å². The van der Waals surface area contributed by atoms with E-state index in [1.807, 2.05) is 31.2 Å². The topological polar surface area (TPSA) is 56.3 Å². The first kappa shape index (κ1) is 15.1. The van der Waals surface area contributed by atoms with Gasteiger partial charge in [-0.15, -0.1) is 0 Å². The van der Waals surface area contributed by atoms with Crippen LogP contribution in [0.4, 0.5) is 5.82 Å². The van der Waals surface area contributed by atoms with Gasteiger partial charge in [0.25, 0.3) is 0 Å². The molecule has 0 atom stereocenters. The average molecular weight is 287 g/mol. The lowest BCUT2D eigenvalue weighted by Gasteiger charge is -2.16. The van der Waals surface area contributed by atoms with Crippen molar-refractivity contribution >= 4 is 5.82 Å². The fourth-order valence-electron chi connectivity index (χ4n) is 2.07. The van der Waals surface area contributed by atoms with Crippen LogP contribution in [0.1, 0.15) is 32.3 Å². The summed E-state index contributed by atoms with van der Waals surface area (Å²) in [6.07, 6.45) is 1.51. The minimum atomic E-state index is 0.251. The maximum atomic E-state index is 5.93. The zero-order valence-electron chi connectivity index (χ0n) is 12.9. The normalized spacial score (nSPS) is 10.5. The van der Waals surface area contributed by atoms with Crippen LogP contribution in [-0.2, 0) is 0 Å². The molecule has 0 bridgehead atoms. The quantitative estimate of drug-likeness (QED) is 0.875. The summed E-state index contributed by atoms with van der Waals surface area (Å²) in [7, 11) is 1.63. The number of hydrogen-bond donors (Lipinski definition) is 1. The summed E-state index contributed by atoms with van der Waals surface area (Å²) in [6.45, 7) is 7.03. The second kappa shape index (κ2) is 6.92. The zero-order chi connectivity index (χ0) is 15.2. The van der Waals surface area contributed by atoms with Crippen molar-refractivity contribution in [2.45, 2.75) is 26.7 Å². The Bertz CT molecular complexity index is 600. The molecule has 1 heterocycles. The molecule has 1 N–H and O–H groups in total. The van der Waals surface area contributed by atoms with Crippen LogP contribution in [0, 0.1) is 0 Å². The van der Waals surface area contributed by atoms with Gasteiger partial charge >= 0.3 is 0 Å². The standard InChI is InChI=1S/C16H21N3O2/c1-5-17-15-14(11(2)3)16(19-10-18-15)21-13-8-6-7-12(9-13)20-4/h6-11H,5H2,1-4H3,(H,17,18,19). The van der Waals surface area contributed by atoms with E-state index in [1.165, 1.54) is 6.33 Å².